The highest BCUT2D eigenvalue weighted by Gasteiger charge is 2.61. The smallest absolute Gasteiger partial charge is 0.410 e. The Bertz CT molecular complexity index is 835. The molecule has 1 amide bonds. The van der Waals surface area contributed by atoms with Gasteiger partial charge in [0.2, 0.25) is 0 Å². The zero-order valence-corrected chi connectivity index (χ0v) is 22.6. The van der Waals surface area contributed by atoms with Crippen LogP contribution in [0.3, 0.4) is 0 Å². The standard InChI is InChI=1S/C29H47NO5/c1-27(2,3)35-26(32)30-14-10-20(17-30)7-6-19-8-12-28(4)21-9-13-29(5)22(11-15-33-29)25(21)34-24(18-31)23(28)16-19/h6,20-25,31H,7-18H2,1-5H3/t20?,21?,22?,23?,24-,25?,28-,29+/m1/s1. The molecule has 6 nitrogen and oxygen atoms in total. The molecule has 0 aromatic carbocycles. The number of amides is 1. The lowest BCUT2D eigenvalue weighted by atomic mass is 9.50. The number of rotatable bonds is 3. The van der Waals surface area contributed by atoms with Gasteiger partial charge in [-0.05, 0) is 102 Å². The van der Waals surface area contributed by atoms with Crippen LogP contribution in [0.5, 0.6) is 0 Å². The molecule has 3 aliphatic heterocycles. The molecule has 0 spiro atoms. The number of hydrogen-bond acceptors (Lipinski definition) is 5. The number of likely N-dealkylation sites (tertiary alicyclic amines) is 1. The van der Waals surface area contributed by atoms with E-state index in [1.54, 1.807) is 0 Å². The molecule has 0 radical (unpaired) electrons. The third-order valence-electron chi connectivity index (χ3n) is 10.2. The van der Waals surface area contributed by atoms with Crippen molar-refractivity contribution in [3.63, 3.8) is 0 Å². The number of allylic oxidation sites excluding steroid dienone is 2. The van der Waals surface area contributed by atoms with Gasteiger partial charge in [0, 0.05) is 25.6 Å². The maximum atomic E-state index is 12.4. The van der Waals surface area contributed by atoms with Crippen molar-refractivity contribution in [2.24, 2.45) is 29.1 Å². The Kier molecular flexibility index (Phi) is 6.80. The third-order valence-corrected chi connectivity index (χ3v) is 10.2. The Morgan fingerprint density at radius 3 is 2.71 bits per heavy atom. The number of carbonyl (C=O) groups excluding carboxylic acids is 1. The lowest BCUT2D eigenvalue weighted by Crippen LogP contribution is -2.62. The zero-order valence-electron chi connectivity index (χ0n) is 22.6. The van der Waals surface area contributed by atoms with Crippen molar-refractivity contribution in [2.45, 2.75) is 109 Å². The zero-order chi connectivity index (χ0) is 25.0. The first-order valence-electron chi connectivity index (χ1n) is 14.1. The first-order chi connectivity index (χ1) is 16.5. The number of aliphatic hydroxyl groups excluding tert-OH is 1. The predicted molar refractivity (Wildman–Crippen MR) is 135 cm³/mol. The summed E-state index contributed by atoms with van der Waals surface area (Å²) in [5, 5.41) is 10.4. The normalized spacial score (nSPS) is 44.6. The lowest BCUT2D eigenvalue weighted by molar-refractivity contribution is -0.245. The van der Waals surface area contributed by atoms with Crippen molar-refractivity contribution < 1.29 is 24.1 Å². The summed E-state index contributed by atoms with van der Waals surface area (Å²) in [7, 11) is 0. The topological polar surface area (TPSA) is 68.2 Å². The van der Waals surface area contributed by atoms with Crippen molar-refractivity contribution in [1.29, 1.82) is 0 Å². The van der Waals surface area contributed by atoms with Gasteiger partial charge < -0.3 is 24.2 Å². The summed E-state index contributed by atoms with van der Waals surface area (Å²) in [6, 6.07) is 0. The molecule has 3 heterocycles. The molecule has 0 aromatic heterocycles. The first kappa shape index (κ1) is 25.5. The predicted octanol–water partition coefficient (Wildman–Crippen LogP) is 5.33. The molecule has 2 aliphatic carbocycles. The summed E-state index contributed by atoms with van der Waals surface area (Å²) < 4.78 is 18.5. The number of nitrogens with zero attached hydrogens (tertiary/aromatic N) is 1. The van der Waals surface area contributed by atoms with Gasteiger partial charge in [0.25, 0.3) is 0 Å². The summed E-state index contributed by atoms with van der Waals surface area (Å²) in [5.74, 6) is 1.90. The van der Waals surface area contributed by atoms with Crippen molar-refractivity contribution in [3.05, 3.63) is 11.6 Å². The summed E-state index contributed by atoms with van der Waals surface area (Å²) in [6.07, 6.45) is 11.2. The van der Waals surface area contributed by atoms with Gasteiger partial charge in [-0.25, -0.2) is 4.79 Å². The molecule has 2 saturated carbocycles. The van der Waals surface area contributed by atoms with Gasteiger partial charge in [-0.2, -0.15) is 0 Å². The molecular formula is C29H47NO5. The van der Waals surface area contributed by atoms with Crippen LogP contribution < -0.4 is 0 Å². The van der Waals surface area contributed by atoms with E-state index in [1.165, 1.54) is 18.4 Å². The molecule has 35 heavy (non-hydrogen) atoms. The largest absolute Gasteiger partial charge is 0.444 e. The fraction of sp³-hybridized carbons (Fsp3) is 0.897. The molecule has 5 fully saturated rings. The quantitative estimate of drug-likeness (QED) is 0.543. The Morgan fingerprint density at radius 1 is 1.17 bits per heavy atom. The molecule has 198 valence electrons. The highest BCUT2D eigenvalue weighted by molar-refractivity contribution is 5.68. The van der Waals surface area contributed by atoms with E-state index in [2.05, 4.69) is 19.9 Å². The second-order valence-corrected chi connectivity index (χ2v) is 13.5. The van der Waals surface area contributed by atoms with Crippen LogP contribution in [0.4, 0.5) is 4.79 Å². The van der Waals surface area contributed by atoms with Gasteiger partial charge in [0.1, 0.15) is 5.60 Å². The number of carbonyl (C=O) groups is 1. The van der Waals surface area contributed by atoms with Crippen LogP contribution in [-0.4, -0.2) is 65.8 Å². The second kappa shape index (κ2) is 9.33. The molecular weight excluding hydrogens is 442 g/mol. The van der Waals surface area contributed by atoms with Crippen molar-refractivity contribution >= 4 is 6.09 Å². The number of aliphatic hydroxyl groups is 1. The summed E-state index contributed by atoms with van der Waals surface area (Å²) in [6.45, 7) is 13.1. The second-order valence-electron chi connectivity index (χ2n) is 13.5. The number of hydrogen-bond donors (Lipinski definition) is 1. The molecule has 5 unspecified atom stereocenters. The number of ether oxygens (including phenoxy) is 3. The Balaban J connectivity index is 1.22. The summed E-state index contributed by atoms with van der Waals surface area (Å²) in [5.41, 5.74) is 1.25. The van der Waals surface area contributed by atoms with E-state index in [0.717, 1.165) is 58.2 Å². The fourth-order valence-electron chi connectivity index (χ4n) is 8.13. The van der Waals surface area contributed by atoms with Crippen LogP contribution in [0.1, 0.15) is 86.0 Å². The minimum atomic E-state index is -0.446. The average molecular weight is 490 g/mol. The molecule has 5 aliphatic rings. The highest BCUT2D eigenvalue weighted by atomic mass is 16.6. The van der Waals surface area contributed by atoms with E-state index < -0.39 is 5.60 Å². The van der Waals surface area contributed by atoms with Gasteiger partial charge in [-0.1, -0.05) is 18.6 Å². The fourth-order valence-corrected chi connectivity index (χ4v) is 8.13. The van der Waals surface area contributed by atoms with E-state index in [0.29, 0.717) is 23.7 Å². The van der Waals surface area contributed by atoms with Crippen molar-refractivity contribution in [2.75, 3.05) is 26.3 Å². The molecule has 5 rings (SSSR count). The van der Waals surface area contributed by atoms with E-state index in [9.17, 15) is 9.90 Å². The van der Waals surface area contributed by atoms with E-state index in [1.807, 2.05) is 25.7 Å². The van der Waals surface area contributed by atoms with E-state index in [4.69, 9.17) is 14.2 Å². The minimum absolute atomic E-state index is 0.0431. The van der Waals surface area contributed by atoms with Crippen LogP contribution in [0.2, 0.25) is 0 Å². The van der Waals surface area contributed by atoms with Crippen LogP contribution in [0.25, 0.3) is 0 Å². The molecule has 3 saturated heterocycles. The van der Waals surface area contributed by atoms with Crippen molar-refractivity contribution in [1.82, 2.24) is 4.90 Å². The maximum absolute atomic E-state index is 12.4. The van der Waals surface area contributed by atoms with Crippen LogP contribution in [0.15, 0.2) is 11.6 Å². The third kappa shape index (κ3) is 4.80. The van der Waals surface area contributed by atoms with Gasteiger partial charge in [-0.3, -0.25) is 0 Å². The highest BCUT2D eigenvalue weighted by Crippen LogP contribution is 2.61. The van der Waals surface area contributed by atoms with Gasteiger partial charge in [0.15, 0.2) is 0 Å². The molecule has 0 aromatic rings. The maximum Gasteiger partial charge on any atom is 0.410 e. The lowest BCUT2D eigenvalue weighted by Gasteiger charge is -2.61. The summed E-state index contributed by atoms with van der Waals surface area (Å²) >= 11 is 0. The summed E-state index contributed by atoms with van der Waals surface area (Å²) in [4.78, 5) is 14.3. The van der Waals surface area contributed by atoms with Crippen LogP contribution >= 0.6 is 0 Å². The average Bonchev–Trinajstić information content (AvgIpc) is 3.42. The van der Waals surface area contributed by atoms with Gasteiger partial charge in [0.05, 0.1) is 24.4 Å². The number of fused-ring (bicyclic) bond motifs is 5. The van der Waals surface area contributed by atoms with Gasteiger partial charge >= 0.3 is 6.09 Å². The Morgan fingerprint density at radius 2 is 1.97 bits per heavy atom. The first-order valence-corrected chi connectivity index (χ1v) is 14.1. The molecule has 1 N–H and O–H groups in total. The SMILES string of the molecule is CC(C)(C)OC(=O)N1CCC(CC=C2CC[C@]3(C)C4CC[C@]5(C)OCCC5C4O[C@H](CO)C3C2)C1. The Hall–Kier alpha value is -1.11. The van der Waals surface area contributed by atoms with Crippen LogP contribution in [-0.2, 0) is 14.2 Å². The van der Waals surface area contributed by atoms with E-state index in [-0.39, 0.29) is 35.9 Å². The van der Waals surface area contributed by atoms with Crippen molar-refractivity contribution in [3.8, 4) is 0 Å². The molecule has 6 heteroatoms. The minimum Gasteiger partial charge on any atom is -0.444 e. The molecule has 8 atom stereocenters. The Labute approximate surface area is 211 Å². The van der Waals surface area contributed by atoms with Crippen LogP contribution in [0, 0.1) is 29.1 Å². The van der Waals surface area contributed by atoms with Gasteiger partial charge in [-0.15, -0.1) is 0 Å². The van der Waals surface area contributed by atoms with E-state index >= 15 is 0 Å². The monoisotopic (exact) mass is 489 g/mol. The molecule has 0 bridgehead atoms.